The summed E-state index contributed by atoms with van der Waals surface area (Å²) in [6.07, 6.45) is 4.49. The van der Waals surface area contributed by atoms with Gasteiger partial charge in [-0.1, -0.05) is 0 Å². The first-order valence-corrected chi connectivity index (χ1v) is 10.6. The molecule has 0 aromatic carbocycles. The summed E-state index contributed by atoms with van der Waals surface area (Å²) in [5.74, 6) is 0.474. The Morgan fingerprint density at radius 3 is 2.54 bits per heavy atom. The lowest BCUT2D eigenvalue weighted by Gasteiger charge is -2.31. The Morgan fingerprint density at radius 1 is 1.31 bits per heavy atom. The van der Waals surface area contributed by atoms with E-state index in [1.54, 1.807) is 24.1 Å². The topological polar surface area (TPSA) is 91.8 Å². The second kappa shape index (κ2) is 7.69. The maximum atomic E-state index is 12.3. The van der Waals surface area contributed by atoms with Gasteiger partial charge in [-0.25, -0.2) is 18.2 Å². The van der Waals surface area contributed by atoms with Crippen molar-refractivity contribution in [1.29, 1.82) is 0 Å². The van der Waals surface area contributed by atoms with Crippen molar-refractivity contribution < 1.29 is 17.9 Å². The van der Waals surface area contributed by atoms with Gasteiger partial charge in [0.1, 0.15) is 6.10 Å². The van der Waals surface area contributed by atoms with E-state index in [1.165, 1.54) is 10.5 Å². The summed E-state index contributed by atoms with van der Waals surface area (Å²) in [5, 5.41) is 2.55. The summed E-state index contributed by atoms with van der Waals surface area (Å²) in [6.45, 7) is 3.82. The zero-order valence-electron chi connectivity index (χ0n) is 15.2. The predicted molar refractivity (Wildman–Crippen MR) is 98.9 cm³/mol. The van der Waals surface area contributed by atoms with Crippen molar-refractivity contribution in [3.05, 3.63) is 18.3 Å². The van der Waals surface area contributed by atoms with Crippen LogP contribution in [0.15, 0.2) is 18.3 Å². The third kappa shape index (κ3) is 4.20. The molecule has 1 aromatic rings. The van der Waals surface area contributed by atoms with Gasteiger partial charge in [0, 0.05) is 45.6 Å². The number of aromatic nitrogens is 1. The van der Waals surface area contributed by atoms with Crippen LogP contribution in [0.25, 0.3) is 0 Å². The van der Waals surface area contributed by atoms with E-state index in [4.69, 9.17) is 4.74 Å². The number of nitrogens with zero attached hydrogens (tertiary/aromatic N) is 3. The Kier molecular flexibility index (Phi) is 5.55. The molecule has 26 heavy (non-hydrogen) atoms. The van der Waals surface area contributed by atoms with Crippen LogP contribution in [0.5, 0.6) is 5.88 Å². The third-order valence-corrected chi connectivity index (χ3v) is 7.04. The van der Waals surface area contributed by atoms with E-state index >= 15 is 0 Å². The van der Waals surface area contributed by atoms with Crippen LogP contribution < -0.4 is 14.4 Å². The number of rotatable bonds is 6. The number of pyridine rings is 1. The first kappa shape index (κ1) is 18.8. The van der Waals surface area contributed by atoms with E-state index in [0.29, 0.717) is 31.2 Å². The predicted octanol–water partition coefficient (Wildman–Crippen LogP) is 1.58. The third-order valence-electron chi connectivity index (χ3n) is 4.76. The number of anilines is 1. The van der Waals surface area contributed by atoms with Crippen LogP contribution in [0.4, 0.5) is 10.5 Å². The quantitative estimate of drug-likeness (QED) is 0.807. The molecule has 0 atom stereocenters. The molecule has 3 rings (SSSR count). The maximum Gasteiger partial charge on any atom is 0.317 e. The Hall–Kier alpha value is -2.03. The van der Waals surface area contributed by atoms with Crippen LogP contribution in [-0.2, 0) is 10.0 Å². The lowest BCUT2D eigenvalue weighted by Crippen LogP contribution is -2.46. The van der Waals surface area contributed by atoms with E-state index in [0.717, 1.165) is 25.7 Å². The molecule has 1 aliphatic carbocycles. The Balaban J connectivity index is 1.53. The minimum Gasteiger partial charge on any atom is -0.474 e. The lowest BCUT2D eigenvalue weighted by molar-refractivity contribution is 0.107. The number of urea groups is 1. The Morgan fingerprint density at radius 2 is 2.00 bits per heavy atom. The molecule has 1 saturated carbocycles. The van der Waals surface area contributed by atoms with Crippen molar-refractivity contribution in [3.8, 4) is 5.88 Å². The van der Waals surface area contributed by atoms with E-state index in [1.807, 2.05) is 6.92 Å². The monoisotopic (exact) mass is 382 g/mol. The first-order chi connectivity index (χ1) is 12.4. The van der Waals surface area contributed by atoms with E-state index < -0.39 is 10.0 Å². The van der Waals surface area contributed by atoms with Crippen molar-refractivity contribution in [3.63, 3.8) is 0 Å². The highest BCUT2D eigenvalue weighted by Crippen LogP contribution is 2.32. The number of sulfonamides is 1. The average molecular weight is 382 g/mol. The van der Waals surface area contributed by atoms with Gasteiger partial charge in [-0.2, -0.15) is 0 Å². The van der Waals surface area contributed by atoms with Gasteiger partial charge >= 0.3 is 6.03 Å². The molecule has 1 aliphatic heterocycles. The normalized spacial score (nSPS) is 18.5. The largest absolute Gasteiger partial charge is 0.474 e. The van der Waals surface area contributed by atoms with Crippen LogP contribution in [-0.4, -0.2) is 62.4 Å². The van der Waals surface area contributed by atoms with Crippen molar-refractivity contribution >= 4 is 21.7 Å². The molecule has 2 fully saturated rings. The second-order valence-electron chi connectivity index (χ2n) is 6.71. The van der Waals surface area contributed by atoms with E-state index in [-0.39, 0.29) is 17.4 Å². The number of piperidine rings is 1. The molecule has 2 amide bonds. The van der Waals surface area contributed by atoms with Gasteiger partial charge < -0.3 is 15.0 Å². The van der Waals surface area contributed by atoms with Gasteiger partial charge in [-0.3, -0.25) is 4.31 Å². The van der Waals surface area contributed by atoms with Crippen molar-refractivity contribution in [1.82, 2.24) is 15.2 Å². The molecule has 8 nitrogen and oxygen atoms in total. The summed E-state index contributed by atoms with van der Waals surface area (Å²) in [6, 6.07) is 3.38. The van der Waals surface area contributed by atoms with Crippen molar-refractivity contribution in [2.45, 2.75) is 44.0 Å². The lowest BCUT2D eigenvalue weighted by atomic mass is 10.1. The van der Waals surface area contributed by atoms with Gasteiger partial charge in [-0.15, -0.1) is 0 Å². The summed E-state index contributed by atoms with van der Waals surface area (Å²) in [5.41, 5.74) is 0.537. The van der Waals surface area contributed by atoms with Crippen LogP contribution in [0.2, 0.25) is 0 Å². The molecular formula is C17H26N4O4S. The number of carbonyl (C=O) groups excluding carboxylic acids is 1. The zero-order valence-corrected chi connectivity index (χ0v) is 16.0. The summed E-state index contributed by atoms with van der Waals surface area (Å²) >= 11 is 0. The molecule has 144 valence electrons. The molecule has 0 unspecified atom stereocenters. The van der Waals surface area contributed by atoms with Crippen molar-refractivity contribution in [2.75, 3.05) is 31.0 Å². The van der Waals surface area contributed by atoms with Gasteiger partial charge in [0.25, 0.3) is 0 Å². The molecule has 0 bridgehead atoms. The number of nitrogens with one attached hydrogen (secondary N) is 1. The average Bonchev–Trinajstić information content (AvgIpc) is 3.48. The number of amides is 2. The van der Waals surface area contributed by atoms with Gasteiger partial charge in [-0.05, 0) is 25.8 Å². The molecule has 1 saturated heterocycles. The molecule has 0 radical (unpaired) electrons. The van der Waals surface area contributed by atoms with Gasteiger partial charge in [0.2, 0.25) is 15.9 Å². The van der Waals surface area contributed by atoms with Crippen LogP contribution in [0.3, 0.4) is 0 Å². The van der Waals surface area contributed by atoms with Crippen LogP contribution >= 0.6 is 0 Å². The molecule has 2 aliphatic rings. The zero-order chi connectivity index (χ0) is 18.7. The molecule has 0 spiro atoms. The fourth-order valence-electron chi connectivity index (χ4n) is 2.98. The Bertz CT molecular complexity index is 726. The van der Waals surface area contributed by atoms with Crippen molar-refractivity contribution in [2.24, 2.45) is 0 Å². The second-order valence-corrected chi connectivity index (χ2v) is 8.95. The highest BCUT2D eigenvalue weighted by Gasteiger charge is 2.39. The summed E-state index contributed by atoms with van der Waals surface area (Å²) < 4.78 is 31.7. The fraction of sp³-hybridized carbons (Fsp3) is 0.647. The van der Waals surface area contributed by atoms with E-state index in [2.05, 4.69) is 10.3 Å². The van der Waals surface area contributed by atoms with Gasteiger partial charge in [0.05, 0.1) is 17.1 Å². The summed E-state index contributed by atoms with van der Waals surface area (Å²) in [4.78, 5) is 17.8. The number of hydrogen-bond donors (Lipinski definition) is 1. The van der Waals surface area contributed by atoms with Crippen LogP contribution in [0.1, 0.15) is 32.6 Å². The smallest absolute Gasteiger partial charge is 0.317 e. The summed E-state index contributed by atoms with van der Waals surface area (Å²) in [7, 11) is -1.71. The number of hydrogen-bond acceptors (Lipinski definition) is 5. The number of likely N-dealkylation sites (tertiary alicyclic amines) is 1. The SMILES string of the molecule is CCNC(=O)N1CCC(Oc2ccc(N(C)S(=O)(=O)C3CC3)cn2)CC1. The number of ether oxygens (including phenoxy) is 1. The molecule has 1 N–H and O–H groups in total. The van der Waals surface area contributed by atoms with E-state index in [9.17, 15) is 13.2 Å². The van der Waals surface area contributed by atoms with Crippen LogP contribution in [0, 0.1) is 0 Å². The molecule has 1 aromatic heterocycles. The minimum atomic E-state index is -3.27. The molecular weight excluding hydrogens is 356 g/mol. The molecule has 2 heterocycles. The standard InChI is InChI=1S/C17H26N4O4S/c1-3-18-17(22)21-10-8-14(9-11-21)25-16-7-4-13(12-19-16)20(2)26(23,24)15-5-6-15/h4,7,12,14-15H,3,5-6,8-11H2,1-2H3,(H,18,22). The maximum absolute atomic E-state index is 12.3. The number of carbonyl (C=O) groups is 1. The fourth-order valence-corrected chi connectivity index (χ4v) is 4.56. The highest BCUT2D eigenvalue weighted by molar-refractivity contribution is 7.93. The first-order valence-electron chi connectivity index (χ1n) is 9.05. The minimum absolute atomic E-state index is 0.00644. The Labute approximate surface area is 154 Å². The highest BCUT2D eigenvalue weighted by atomic mass is 32.2. The molecule has 9 heteroatoms. The van der Waals surface area contributed by atoms with Gasteiger partial charge in [0.15, 0.2) is 0 Å².